The molecule has 0 bridgehead atoms. The van der Waals surface area contributed by atoms with Gasteiger partial charge in [-0.2, -0.15) is 0 Å². The van der Waals surface area contributed by atoms with Crippen LogP contribution in [0.15, 0.2) is 36.4 Å². The molecule has 2 N–H and O–H groups in total. The normalized spacial score (nSPS) is 26.3. The van der Waals surface area contributed by atoms with Crippen molar-refractivity contribution in [2.75, 3.05) is 6.54 Å². The van der Waals surface area contributed by atoms with Crippen LogP contribution in [0.3, 0.4) is 0 Å². The number of carbonyl (C=O) groups excluding carboxylic acids is 2. The van der Waals surface area contributed by atoms with Crippen molar-refractivity contribution in [3.05, 3.63) is 41.4 Å². The Morgan fingerprint density at radius 1 is 1.19 bits per heavy atom. The average molecular weight is 369 g/mol. The Hall–Kier alpha value is -2.21. The van der Waals surface area contributed by atoms with E-state index in [0.717, 1.165) is 34.5 Å². The number of carbonyl (C=O) groups is 2. The number of benzene rings is 1. The third kappa shape index (κ3) is 3.51. The summed E-state index contributed by atoms with van der Waals surface area (Å²) in [5.41, 5.74) is 0.990. The van der Waals surface area contributed by atoms with E-state index in [0.29, 0.717) is 19.4 Å². The first kappa shape index (κ1) is 17.2. The van der Waals surface area contributed by atoms with Crippen LogP contribution in [0.4, 0.5) is 0 Å². The Morgan fingerprint density at radius 3 is 2.92 bits per heavy atom. The summed E-state index contributed by atoms with van der Waals surface area (Å²) < 4.78 is 1.15. The highest BCUT2D eigenvalue weighted by atomic mass is 32.1. The minimum Gasteiger partial charge on any atom is -0.354 e. The molecule has 5 nitrogen and oxygen atoms in total. The van der Waals surface area contributed by atoms with Crippen molar-refractivity contribution in [3.8, 4) is 0 Å². The lowest BCUT2D eigenvalue weighted by Crippen LogP contribution is -2.48. The molecule has 136 valence electrons. The van der Waals surface area contributed by atoms with E-state index in [4.69, 9.17) is 4.98 Å². The third-order valence-electron chi connectivity index (χ3n) is 5.25. The van der Waals surface area contributed by atoms with E-state index < -0.39 is 6.04 Å². The molecule has 1 saturated heterocycles. The molecule has 1 aromatic heterocycles. The van der Waals surface area contributed by atoms with E-state index in [9.17, 15) is 9.59 Å². The SMILES string of the molecule is O=C1NCCCCC1NC(=O)C1CC=CCC1c1nc2ccccc2s1. The van der Waals surface area contributed by atoms with Crippen LogP contribution in [-0.4, -0.2) is 29.4 Å². The molecule has 3 unspecified atom stereocenters. The van der Waals surface area contributed by atoms with Crippen molar-refractivity contribution >= 4 is 33.4 Å². The summed E-state index contributed by atoms with van der Waals surface area (Å²) in [6.07, 6.45) is 8.36. The summed E-state index contributed by atoms with van der Waals surface area (Å²) in [7, 11) is 0. The van der Waals surface area contributed by atoms with Crippen molar-refractivity contribution < 1.29 is 9.59 Å². The van der Waals surface area contributed by atoms with Crippen LogP contribution < -0.4 is 10.6 Å². The molecular weight excluding hydrogens is 346 g/mol. The van der Waals surface area contributed by atoms with Gasteiger partial charge < -0.3 is 10.6 Å². The topological polar surface area (TPSA) is 71.1 Å². The number of nitrogens with zero attached hydrogens (tertiary/aromatic N) is 1. The molecule has 3 atom stereocenters. The zero-order valence-electron chi connectivity index (χ0n) is 14.6. The molecule has 2 aliphatic rings. The van der Waals surface area contributed by atoms with E-state index in [2.05, 4.69) is 28.9 Å². The monoisotopic (exact) mass is 369 g/mol. The summed E-state index contributed by atoms with van der Waals surface area (Å²) in [4.78, 5) is 29.9. The number of rotatable bonds is 3. The van der Waals surface area contributed by atoms with Gasteiger partial charge in [-0.05, 0) is 44.2 Å². The molecule has 1 aliphatic carbocycles. The molecule has 0 radical (unpaired) electrons. The first-order valence-corrected chi connectivity index (χ1v) is 10.1. The second-order valence-corrected chi connectivity index (χ2v) is 8.09. The zero-order valence-corrected chi connectivity index (χ0v) is 15.4. The van der Waals surface area contributed by atoms with Gasteiger partial charge in [-0.3, -0.25) is 9.59 Å². The Bertz CT molecular complexity index is 811. The van der Waals surface area contributed by atoms with Crippen LogP contribution in [0, 0.1) is 5.92 Å². The van der Waals surface area contributed by atoms with Gasteiger partial charge in [-0.1, -0.05) is 24.3 Å². The van der Waals surface area contributed by atoms with E-state index in [1.165, 1.54) is 0 Å². The van der Waals surface area contributed by atoms with Crippen molar-refractivity contribution in [1.82, 2.24) is 15.6 Å². The van der Waals surface area contributed by atoms with Crippen LogP contribution in [-0.2, 0) is 9.59 Å². The predicted octanol–water partition coefficient (Wildman–Crippen LogP) is 3.13. The number of para-hydroxylation sites is 1. The van der Waals surface area contributed by atoms with Crippen molar-refractivity contribution in [1.29, 1.82) is 0 Å². The highest BCUT2D eigenvalue weighted by Crippen LogP contribution is 2.38. The predicted molar refractivity (Wildman–Crippen MR) is 103 cm³/mol. The number of aromatic nitrogens is 1. The first-order valence-electron chi connectivity index (χ1n) is 9.31. The molecule has 2 heterocycles. The summed E-state index contributed by atoms with van der Waals surface area (Å²) in [5.74, 6) is -0.178. The molecule has 1 aliphatic heterocycles. The van der Waals surface area contributed by atoms with Crippen LogP contribution in [0.25, 0.3) is 10.2 Å². The molecule has 2 aromatic rings. The van der Waals surface area contributed by atoms with Gasteiger partial charge in [0.1, 0.15) is 6.04 Å². The Kier molecular flexibility index (Phi) is 5.02. The third-order valence-corrected chi connectivity index (χ3v) is 6.42. The minimum absolute atomic E-state index is 0.0272. The van der Waals surface area contributed by atoms with Gasteiger partial charge in [0, 0.05) is 12.5 Å². The number of nitrogens with one attached hydrogen (secondary N) is 2. The number of thiazole rings is 1. The maximum atomic E-state index is 13.0. The summed E-state index contributed by atoms with van der Waals surface area (Å²) >= 11 is 1.67. The van der Waals surface area contributed by atoms with Crippen molar-refractivity contribution in [2.45, 2.75) is 44.1 Å². The molecule has 26 heavy (non-hydrogen) atoms. The number of hydrogen-bond acceptors (Lipinski definition) is 4. The number of amides is 2. The van der Waals surface area contributed by atoms with Gasteiger partial charge in [0.05, 0.1) is 21.1 Å². The number of hydrogen-bond donors (Lipinski definition) is 2. The Labute approximate surface area is 156 Å². The fraction of sp³-hybridized carbons (Fsp3) is 0.450. The fourth-order valence-corrected chi connectivity index (χ4v) is 4.93. The van der Waals surface area contributed by atoms with Gasteiger partial charge in [0.2, 0.25) is 11.8 Å². The number of allylic oxidation sites excluding steroid dienone is 2. The van der Waals surface area contributed by atoms with E-state index in [1.807, 2.05) is 18.2 Å². The van der Waals surface area contributed by atoms with Gasteiger partial charge in [0.15, 0.2) is 0 Å². The maximum absolute atomic E-state index is 13.0. The van der Waals surface area contributed by atoms with Gasteiger partial charge in [0.25, 0.3) is 0 Å². The van der Waals surface area contributed by atoms with Crippen LogP contribution >= 0.6 is 11.3 Å². The Morgan fingerprint density at radius 2 is 2.04 bits per heavy atom. The maximum Gasteiger partial charge on any atom is 0.242 e. The lowest BCUT2D eigenvalue weighted by molar-refractivity contribution is -0.131. The van der Waals surface area contributed by atoms with Crippen molar-refractivity contribution in [3.63, 3.8) is 0 Å². The highest BCUT2D eigenvalue weighted by Gasteiger charge is 2.34. The molecule has 1 fully saturated rings. The van der Waals surface area contributed by atoms with E-state index >= 15 is 0 Å². The van der Waals surface area contributed by atoms with Crippen LogP contribution in [0.5, 0.6) is 0 Å². The summed E-state index contributed by atoms with van der Waals surface area (Å²) in [6.45, 7) is 0.700. The standard InChI is InChI=1S/C20H23N3O2S/c24-18(22-16-10-5-6-12-21-19(16)25)13-7-1-2-8-14(13)20-23-15-9-3-4-11-17(15)26-20/h1-4,9,11,13-14,16H,5-8,10,12H2,(H,21,25)(H,22,24). The molecule has 1 aromatic carbocycles. The lowest BCUT2D eigenvalue weighted by atomic mass is 9.82. The van der Waals surface area contributed by atoms with E-state index in [-0.39, 0.29) is 23.7 Å². The lowest BCUT2D eigenvalue weighted by Gasteiger charge is -2.27. The van der Waals surface area contributed by atoms with Crippen LogP contribution in [0.1, 0.15) is 43.0 Å². The summed E-state index contributed by atoms with van der Waals surface area (Å²) in [5, 5.41) is 6.90. The highest BCUT2D eigenvalue weighted by molar-refractivity contribution is 7.18. The fourth-order valence-electron chi connectivity index (χ4n) is 3.78. The largest absolute Gasteiger partial charge is 0.354 e. The second kappa shape index (κ2) is 7.58. The summed E-state index contributed by atoms with van der Waals surface area (Å²) in [6, 6.07) is 7.67. The van der Waals surface area contributed by atoms with Gasteiger partial charge in [-0.15, -0.1) is 11.3 Å². The number of fused-ring (bicyclic) bond motifs is 1. The smallest absolute Gasteiger partial charge is 0.242 e. The van der Waals surface area contributed by atoms with Gasteiger partial charge >= 0.3 is 0 Å². The molecule has 4 rings (SSSR count). The Balaban J connectivity index is 1.54. The van der Waals surface area contributed by atoms with Gasteiger partial charge in [-0.25, -0.2) is 4.98 Å². The quantitative estimate of drug-likeness (QED) is 0.817. The molecular formula is C20H23N3O2S. The van der Waals surface area contributed by atoms with Crippen molar-refractivity contribution in [2.24, 2.45) is 5.92 Å². The molecule has 2 amide bonds. The molecule has 0 spiro atoms. The second-order valence-electron chi connectivity index (χ2n) is 7.02. The first-order chi connectivity index (χ1) is 12.7. The van der Waals surface area contributed by atoms with E-state index in [1.54, 1.807) is 11.3 Å². The molecule has 6 heteroatoms. The molecule has 0 saturated carbocycles. The zero-order chi connectivity index (χ0) is 17.9. The average Bonchev–Trinajstić information content (AvgIpc) is 3.00. The minimum atomic E-state index is -0.410. The van der Waals surface area contributed by atoms with Crippen LogP contribution in [0.2, 0.25) is 0 Å².